The highest BCUT2D eigenvalue weighted by Gasteiger charge is 2.10. The van der Waals surface area contributed by atoms with Crippen LogP contribution in [0, 0.1) is 0 Å². The fourth-order valence-corrected chi connectivity index (χ4v) is 1.85. The summed E-state index contributed by atoms with van der Waals surface area (Å²) in [6.45, 7) is 0. The number of hydrazine groups is 1. The van der Waals surface area contributed by atoms with Crippen LogP contribution in [0.2, 0.25) is 0 Å². The van der Waals surface area contributed by atoms with E-state index in [9.17, 15) is 4.79 Å². The molecule has 3 heterocycles. The van der Waals surface area contributed by atoms with Gasteiger partial charge in [0.2, 0.25) is 0 Å². The molecule has 1 amide bonds. The summed E-state index contributed by atoms with van der Waals surface area (Å²) >= 11 is 0. The van der Waals surface area contributed by atoms with E-state index in [4.69, 9.17) is 5.73 Å². The Morgan fingerprint density at radius 1 is 1.00 bits per heavy atom. The normalized spacial score (nSPS) is 10.0. The number of carbonyl (C=O) groups is 1. The van der Waals surface area contributed by atoms with E-state index in [2.05, 4.69) is 36.1 Å². The van der Waals surface area contributed by atoms with Crippen molar-refractivity contribution in [2.45, 2.75) is 0 Å². The average Bonchev–Trinajstić information content (AvgIpc) is 2.64. The number of hydrogen-bond donors (Lipinski definition) is 4. The summed E-state index contributed by atoms with van der Waals surface area (Å²) < 4.78 is 0. The van der Waals surface area contributed by atoms with Crippen LogP contribution in [0.15, 0.2) is 55.4 Å². The van der Waals surface area contributed by atoms with Crippen LogP contribution in [-0.4, -0.2) is 25.8 Å². The molecule has 0 fully saturated rings. The second kappa shape index (κ2) is 7.01. The van der Waals surface area contributed by atoms with E-state index >= 15 is 0 Å². The smallest absolute Gasteiger partial charge is 0.271 e. The number of anilines is 4. The Bertz CT molecular complexity index is 825. The number of nitrogens with two attached hydrogens (primary N) is 1. The minimum Gasteiger partial charge on any atom is -0.393 e. The molecule has 0 aliphatic heterocycles. The highest BCUT2D eigenvalue weighted by atomic mass is 16.2. The van der Waals surface area contributed by atoms with Gasteiger partial charge in [0.15, 0.2) is 11.6 Å². The largest absolute Gasteiger partial charge is 0.393 e. The molecule has 0 unspecified atom stereocenters. The van der Waals surface area contributed by atoms with Gasteiger partial charge in [0.25, 0.3) is 5.91 Å². The van der Waals surface area contributed by atoms with Crippen molar-refractivity contribution in [3.8, 4) is 0 Å². The minimum absolute atomic E-state index is 0.265. The van der Waals surface area contributed by atoms with Crippen LogP contribution < -0.4 is 21.9 Å². The van der Waals surface area contributed by atoms with Crippen molar-refractivity contribution in [1.82, 2.24) is 25.4 Å². The first-order chi connectivity index (χ1) is 11.7. The van der Waals surface area contributed by atoms with Gasteiger partial charge in [-0.15, -0.1) is 0 Å². The molecule has 0 saturated carbocycles. The van der Waals surface area contributed by atoms with Crippen LogP contribution in [0.5, 0.6) is 0 Å². The summed E-state index contributed by atoms with van der Waals surface area (Å²) in [7, 11) is 0. The van der Waals surface area contributed by atoms with Gasteiger partial charge in [-0.25, -0.2) is 9.97 Å². The second-order valence-electron chi connectivity index (χ2n) is 4.67. The van der Waals surface area contributed by atoms with Gasteiger partial charge in [-0.1, -0.05) is 0 Å². The van der Waals surface area contributed by atoms with E-state index in [0.29, 0.717) is 11.4 Å². The molecule has 120 valence electrons. The number of amides is 1. The molecule has 3 rings (SSSR count). The van der Waals surface area contributed by atoms with E-state index in [1.165, 1.54) is 12.5 Å². The number of rotatable bonds is 5. The molecular formula is C15H14N8O. The summed E-state index contributed by atoms with van der Waals surface area (Å²) in [4.78, 5) is 27.9. The molecule has 3 aromatic heterocycles. The van der Waals surface area contributed by atoms with E-state index < -0.39 is 0 Å². The molecule has 9 heteroatoms. The third-order valence-electron chi connectivity index (χ3n) is 3.05. The fourth-order valence-electron chi connectivity index (χ4n) is 1.85. The molecule has 0 radical (unpaired) electrons. The summed E-state index contributed by atoms with van der Waals surface area (Å²) in [5, 5.41) is 3.05. The fraction of sp³-hybridized carbons (Fsp3) is 0. The molecule has 0 atom stereocenters. The molecule has 0 aliphatic rings. The standard InChI is InChI=1S/C15H14N8O/c16-12-13(21-11-3-6-17-7-4-11)19-9-20-14(12)22-23-15(24)10-2-1-5-18-8-10/h1-9H,16H2,(H,23,24)(H2,17,19,20,21,22). The van der Waals surface area contributed by atoms with Gasteiger partial charge in [0, 0.05) is 30.5 Å². The van der Waals surface area contributed by atoms with Crippen molar-refractivity contribution in [2.24, 2.45) is 0 Å². The first-order valence-electron chi connectivity index (χ1n) is 6.98. The van der Waals surface area contributed by atoms with Gasteiger partial charge in [0.1, 0.15) is 12.0 Å². The molecule has 9 nitrogen and oxygen atoms in total. The van der Waals surface area contributed by atoms with Crippen molar-refractivity contribution in [3.05, 3.63) is 60.9 Å². The maximum Gasteiger partial charge on any atom is 0.271 e. The van der Waals surface area contributed by atoms with Crippen LogP contribution in [0.3, 0.4) is 0 Å². The highest BCUT2D eigenvalue weighted by molar-refractivity contribution is 5.94. The molecule has 0 aromatic carbocycles. The number of carbonyl (C=O) groups excluding carboxylic acids is 1. The first-order valence-corrected chi connectivity index (χ1v) is 6.98. The van der Waals surface area contributed by atoms with Crippen molar-refractivity contribution < 1.29 is 4.79 Å². The molecule has 0 saturated heterocycles. The quantitative estimate of drug-likeness (QED) is 0.518. The van der Waals surface area contributed by atoms with Crippen molar-refractivity contribution in [1.29, 1.82) is 0 Å². The molecule has 0 aliphatic carbocycles. The number of nitrogens with one attached hydrogen (secondary N) is 3. The van der Waals surface area contributed by atoms with Gasteiger partial charge >= 0.3 is 0 Å². The summed E-state index contributed by atoms with van der Waals surface area (Å²) in [5.41, 5.74) is 12.7. The van der Waals surface area contributed by atoms with E-state index in [1.54, 1.807) is 42.9 Å². The number of pyridine rings is 2. The molecule has 0 spiro atoms. The average molecular weight is 322 g/mol. The van der Waals surface area contributed by atoms with E-state index in [-0.39, 0.29) is 17.4 Å². The predicted molar refractivity (Wildman–Crippen MR) is 89.3 cm³/mol. The summed E-state index contributed by atoms with van der Waals surface area (Å²) in [5.74, 6) is 0.331. The Morgan fingerprint density at radius 2 is 1.79 bits per heavy atom. The second-order valence-corrected chi connectivity index (χ2v) is 4.67. The molecule has 5 N–H and O–H groups in total. The Balaban J connectivity index is 1.70. The number of aromatic nitrogens is 4. The maximum atomic E-state index is 12.0. The first kappa shape index (κ1) is 15.2. The topological polar surface area (TPSA) is 131 Å². The molecule has 0 bridgehead atoms. The van der Waals surface area contributed by atoms with Gasteiger partial charge in [-0.05, 0) is 24.3 Å². The zero-order valence-corrected chi connectivity index (χ0v) is 12.5. The SMILES string of the molecule is Nc1c(NNC(=O)c2cccnc2)ncnc1Nc1ccncc1. The van der Waals surface area contributed by atoms with E-state index in [1.807, 2.05) is 0 Å². The van der Waals surface area contributed by atoms with Crippen LogP contribution in [-0.2, 0) is 0 Å². The lowest BCUT2D eigenvalue weighted by Gasteiger charge is -2.13. The van der Waals surface area contributed by atoms with Crippen LogP contribution >= 0.6 is 0 Å². The maximum absolute atomic E-state index is 12.0. The Labute approximate surface area is 137 Å². The number of nitrogens with zero attached hydrogens (tertiary/aromatic N) is 4. The van der Waals surface area contributed by atoms with Crippen LogP contribution in [0.4, 0.5) is 23.0 Å². The van der Waals surface area contributed by atoms with Crippen molar-refractivity contribution in [3.63, 3.8) is 0 Å². The monoisotopic (exact) mass is 322 g/mol. The van der Waals surface area contributed by atoms with Crippen molar-refractivity contribution in [2.75, 3.05) is 16.5 Å². The van der Waals surface area contributed by atoms with Crippen molar-refractivity contribution >= 4 is 28.9 Å². The van der Waals surface area contributed by atoms with Gasteiger partial charge < -0.3 is 11.1 Å². The molecular weight excluding hydrogens is 308 g/mol. The Kier molecular flexibility index (Phi) is 4.43. The lowest BCUT2D eigenvalue weighted by atomic mass is 10.3. The number of nitrogen functional groups attached to an aromatic ring is 1. The number of hydrogen-bond acceptors (Lipinski definition) is 8. The lowest BCUT2D eigenvalue weighted by molar-refractivity contribution is 0.0962. The summed E-state index contributed by atoms with van der Waals surface area (Å²) in [6, 6.07) is 6.87. The third kappa shape index (κ3) is 3.53. The molecule has 24 heavy (non-hydrogen) atoms. The Hall–Kier alpha value is -3.75. The van der Waals surface area contributed by atoms with Gasteiger partial charge in [-0.2, -0.15) is 0 Å². The lowest BCUT2D eigenvalue weighted by Crippen LogP contribution is -2.30. The van der Waals surface area contributed by atoms with Gasteiger partial charge in [-0.3, -0.25) is 25.6 Å². The highest BCUT2D eigenvalue weighted by Crippen LogP contribution is 2.24. The predicted octanol–water partition coefficient (Wildman–Crippen LogP) is 1.35. The molecule has 3 aromatic rings. The van der Waals surface area contributed by atoms with E-state index in [0.717, 1.165) is 5.69 Å². The zero-order chi connectivity index (χ0) is 16.8. The van der Waals surface area contributed by atoms with Crippen LogP contribution in [0.25, 0.3) is 0 Å². The zero-order valence-electron chi connectivity index (χ0n) is 12.5. The third-order valence-corrected chi connectivity index (χ3v) is 3.05. The summed E-state index contributed by atoms with van der Waals surface area (Å²) in [6.07, 6.45) is 7.67. The minimum atomic E-state index is -0.357. The van der Waals surface area contributed by atoms with Gasteiger partial charge in [0.05, 0.1) is 5.56 Å². The van der Waals surface area contributed by atoms with Crippen LogP contribution in [0.1, 0.15) is 10.4 Å². The Morgan fingerprint density at radius 3 is 2.54 bits per heavy atom.